The monoisotopic (exact) mass is 982 g/mol. The van der Waals surface area contributed by atoms with E-state index in [0.29, 0.717) is 0 Å². The second kappa shape index (κ2) is 23.1. The molecule has 0 radical (unpaired) electrons. The first-order valence-corrected chi connectivity index (χ1v) is 21.1. The number of hydrogen-bond donors (Lipinski definition) is 18. The summed E-state index contributed by atoms with van der Waals surface area (Å²) in [5.41, 5.74) is 0. The van der Waals surface area contributed by atoms with Gasteiger partial charge in [0.2, 0.25) is 11.8 Å². The number of carboxylic acids is 1. The number of aliphatic carboxylic acids is 1. The molecule has 5 aliphatic rings. The SMILES string of the molecule is CC(=O)N[C@@H]1[C@@H](O[C@@H]2O[C@H](CO)[C@H](O)[C@H](O[C@H]3O[C@H](CO)[C@H](O)[C@H](O)[C@H]3O[C@@H]3O[C@@H](C)[C@@H](O)[C@@H](O)[C@@H]3O)[C@H]2O)[C@@H](O)[C@@H](CO[C@]2(C(=O)O)C[C@H](O)[C@@H](NC(C)=O)[C@H]([C@H](O)[C@H](O)CO)O2)O[C@@H]1O. The van der Waals surface area contributed by atoms with Crippen molar-refractivity contribution in [2.75, 3.05) is 26.4 Å². The number of carboxylic acid groups (broad SMARTS) is 1. The van der Waals surface area contributed by atoms with Gasteiger partial charge in [-0.3, -0.25) is 9.59 Å². The third-order valence-corrected chi connectivity index (χ3v) is 12.1. The van der Waals surface area contributed by atoms with Gasteiger partial charge in [-0.25, -0.2) is 4.79 Å². The lowest BCUT2D eigenvalue weighted by Gasteiger charge is -2.50. The summed E-state index contributed by atoms with van der Waals surface area (Å²) in [4.78, 5) is 37.0. The lowest BCUT2D eigenvalue weighted by atomic mass is 9.88. The summed E-state index contributed by atoms with van der Waals surface area (Å²) < 4.78 is 50.7. The number of aliphatic hydroxyl groups excluding tert-OH is 15. The molecule has 0 saturated carbocycles. The molecule has 0 aliphatic carbocycles. The molecule has 0 aromatic rings. The molecule has 0 unspecified atom stereocenters. The van der Waals surface area contributed by atoms with Crippen molar-refractivity contribution in [3.8, 4) is 0 Å². The van der Waals surface area contributed by atoms with Crippen LogP contribution in [-0.4, -0.2) is 285 Å². The van der Waals surface area contributed by atoms with Crippen molar-refractivity contribution < 1.29 is 139 Å². The Kier molecular flexibility index (Phi) is 19.1. The minimum absolute atomic E-state index is 0.775. The highest BCUT2D eigenvalue weighted by Crippen LogP contribution is 2.37. The summed E-state index contributed by atoms with van der Waals surface area (Å²) >= 11 is 0. The lowest BCUT2D eigenvalue weighted by Crippen LogP contribution is -2.70. The van der Waals surface area contributed by atoms with Crippen LogP contribution in [0.15, 0.2) is 0 Å². The van der Waals surface area contributed by atoms with Crippen molar-refractivity contribution in [1.29, 1.82) is 0 Å². The number of ether oxygens (including phenoxy) is 9. The van der Waals surface area contributed by atoms with E-state index in [1.165, 1.54) is 6.92 Å². The molecule has 5 saturated heterocycles. The van der Waals surface area contributed by atoms with Gasteiger partial charge in [-0.1, -0.05) is 0 Å². The van der Waals surface area contributed by atoms with Crippen LogP contribution in [0.2, 0.25) is 0 Å². The van der Waals surface area contributed by atoms with E-state index >= 15 is 0 Å². The molecule has 26 atom stereocenters. The quantitative estimate of drug-likeness (QED) is 0.0643. The zero-order valence-electron chi connectivity index (χ0n) is 36.0. The molecule has 30 nitrogen and oxygen atoms in total. The summed E-state index contributed by atoms with van der Waals surface area (Å²) in [7, 11) is 0. The minimum atomic E-state index is -2.96. The summed E-state index contributed by atoms with van der Waals surface area (Å²) in [6.45, 7) is -0.844. The molecule has 0 bridgehead atoms. The number of hydrogen-bond acceptors (Lipinski definition) is 27. The molecule has 18 N–H and O–H groups in total. The molecular weight excluding hydrogens is 920 g/mol. The molecule has 30 heteroatoms. The van der Waals surface area contributed by atoms with Gasteiger partial charge in [-0.2, -0.15) is 0 Å². The van der Waals surface area contributed by atoms with Gasteiger partial charge in [0, 0.05) is 20.3 Å². The first-order valence-electron chi connectivity index (χ1n) is 21.1. The third-order valence-electron chi connectivity index (χ3n) is 12.1. The van der Waals surface area contributed by atoms with Crippen LogP contribution in [0.5, 0.6) is 0 Å². The van der Waals surface area contributed by atoms with Gasteiger partial charge in [-0.15, -0.1) is 0 Å². The van der Waals surface area contributed by atoms with Gasteiger partial charge in [-0.05, 0) is 6.92 Å². The summed E-state index contributed by atoms with van der Waals surface area (Å²) in [5.74, 6) is -6.54. The van der Waals surface area contributed by atoms with E-state index in [1.54, 1.807) is 0 Å². The highest BCUT2D eigenvalue weighted by atomic mass is 16.8. The van der Waals surface area contributed by atoms with Crippen LogP contribution in [0.25, 0.3) is 0 Å². The summed E-state index contributed by atoms with van der Waals surface area (Å²) in [6.07, 6.45) is -45.3. The molecule has 5 rings (SSSR count). The Morgan fingerprint density at radius 2 is 1.16 bits per heavy atom. The highest BCUT2D eigenvalue weighted by Gasteiger charge is 2.59. The molecule has 5 heterocycles. The number of aliphatic hydroxyl groups is 15. The number of rotatable bonds is 17. The number of carbonyl (C=O) groups excluding carboxylic acids is 2. The van der Waals surface area contributed by atoms with Gasteiger partial charge in [0.15, 0.2) is 25.2 Å². The molecule has 67 heavy (non-hydrogen) atoms. The first kappa shape index (κ1) is 55.4. The molecule has 388 valence electrons. The van der Waals surface area contributed by atoms with E-state index in [0.717, 1.165) is 13.8 Å². The number of carbonyl (C=O) groups is 3. The minimum Gasteiger partial charge on any atom is -0.477 e. The van der Waals surface area contributed by atoms with Gasteiger partial charge in [0.1, 0.15) is 110 Å². The predicted octanol–water partition coefficient (Wildman–Crippen LogP) is -11.4. The Labute approximate surface area is 379 Å². The lowest BCUT2D eigenvalue weighted by molar-refractivity contribution is -0.393. The van der Waals surface area contributed by atoms with Gasteiger partial charge in [0.05, 0.1) is 44.7 Å². The average molecular weight is 983 g/mol. The van der Waals surface area contributed by atoms with Crippen molar-refractivity contribution in [2.24, 2.45) is 0 Å². The Morgan fingerprint density at radius 1 is 0.627 bits per heavy atom. The standard InChI is InChI=1S/C37H62N2O28/c1-9-19(47)24(52)26(54)33(60-9)66-31-25(53)21(49)14(6-41)63-35(31)65-30-22(50)15(7-42)62-34(27(30)55)64-28-18(39-11(3)44)32(56)61-16(23(28)51)8-59-37(36(57)58)4-12(45)17(38-10(2)43)29(67-37)20(48)13(46)5-40/h9,12-35,40-42,45-56H,4-8H2,1-3H3,(H,38,43)(H,39,44)(H,57,58)/t9-,12-,13+,14+,15+,16+,17+,18+,19+,20+,21-,22-,23-,24+,25-,26-,27+,28+,29+,30-,31+,32-,33-,34-,35+,37+/m0/s1. The molecule has 5 aliphatic heterocycles. The predicted molar refractivity (Wildman–Crippen MR) is 206 cm³/mol. The average Bonchev–Trinajstić information content (AvgIpc) is 3.27. The summed E-state index contributed by atoms with van der Waals surface area (Å²) in [5, 5.41) is 175. The van der Waals surface area contributed by atoms with Crippen LogP contribution >= 0.6 is 0 Å². The number of nitrogens with one attached hydrogen (secondary N) is 2. The molecule has 0 spiro atoms. The van der Waals surface area contributed by atoms with E-state index in [9.17, 15) is 96.1 Å². The highest BCUT2D eigenvalue weighted by molar-refractivity contribution is 5.76. The van der Waals surface area contributed by atoms with Crippen LogP contribution in [0.4, 0.5) is 0 Å². The van der Waals surface area contributed by atoms with Crippen molar-refractivity contribution in [3.05, 3.63) is 0 Å². The van der Waals surface area contributed by atoms with Crippen molar-refractivity contribution in [1.82, 2.24) is 10.6 Å². The fourth-order valence-electron chi connectivity index (χ4n) is 8.34. The summed E-state index contributed by atoms with van der Waals surface area (Å²) in [6, 6.07) is -3.34. The van der Waals surface area contributed by atoms with Gasteiger partial charge in [0.25, 0.3) is 5.79 Å². The molecule has 0 aromatic carbocycles. The van der Waals surface area contributed by atoms with Crippen molar-refractivity contribution in [2.45, 2.75) is 186 Å². The van der Waals surface area contributed by atoms with E-state index in [-0.39, 0.29) is 0 Å². The molecular formula is C37H62N2O28. The molecule has 5 fully saturated rings. The van der Waals surface area contributed by atoms with E-state index in [4.69, 9.17) is 42.6 Å². The van der Waals surface area contributed by atoms with E-state index in [2.05, 4.69) is 10.6 Å². The topological polar surface area (TPSA) is 482 Å². The fourth-order valence-corrected chi connectivity index (χ4v) is 8.34. The van der Waals surface area contributed by atoms with Crippen molar-refractivity contribution in [3.63, 3.8) is 0 Å². The Bertz CT molecular complexity index is 1640. The zero-order valence-corrected chi connectivity index (χ0v) is 36.0. The van der Waals surface area contributed by atoms with Gasteiger partial charge < -0.3 is 135 Å². The van der Waals surface area contributed by atoms with Crippen LogP contribution in [0.3, 0.4) is 0 Å². The van der Waals surface area contributed by atoms with Crippen LogP contribution in [0, 0.1) is 0 Å². The second-order valence-electron chi connectivity index (χ2n) is 16.9. The fraction of sp³-hybridized carbons (Fsp3) is 0.919. The zero-order chi connectivity index (χ0) is 50.0. The van der Waals surface area contributed by atoms with E-state index < -0.39 is 210 Å². The van der Waals surface area contributed by atoms with E-state index in [1.807, 2.05) is 0 Å². The largest absolute Gasteiger partial charge is 0.477 e. The van der Waals surface area contributed by atoms with Gasteiger partial charge >= 0.3 is 5.97 Å². The molecule has 2 amide bonds. The first-order chi connectivity index (χ1) is 31.4. The maximum atomic E-state index is 12.8. The third kappa shape index (κ3) is 12.0. The van der Waals surface area contributed by atoms with Crippen LogP contribution in [-0.2, 0) is 57.0 Å². The maximum absolute atomic E-state index is 12.8. The second-order valence-corrected chi connectivity index (χ2v) is 16.9. The smallest absolute Gasteiger partial charge is 0.364 e. The Hall–Kier alpha value is -2.55. The maximum Gasteiger partial charge on any atom is 0.364 e. The van der Waals surface area contributed by atoms with Crippen molar-refractivity contribution >= 4 is 17.8 Å². The number of amides is 2. The molecule has 0 aromatic heterocycles. The van der Waals surface area contributed by atoms with Crippen LogP contribution < -0.4 is 10.6 Å². The Morgan fingerprint density at radius 3 is 1.75 bits per heavy atom. The Balaban J connectivity index is 1.40. The van der Waals surface area contributed by atoms with Crippen LogP contribution in [0.1, 0.15) is 27.2 Å². The normalized spacial score (nSPS) is 47.1.